The summed E-state index contributed by atoms with van der Waals surface area (Å²) in [6.07, 6.45) is 2.94. The number of benzene rings is 1. The van der Waals surface area contributed by atoms with E-state index >= 15 is 0 Å². The van der Waals surface area contributed by atoms with Crippen LogP contribution in [0, 0.1) is 0 Å². The van der Waals surface area contributed by atoms with Crippen LogP contribution in [0.3, 0.4) is 0 Å². The smallest absolute Gasteiger partial charge is 0.153 e. The van der Waals surface area contributed by atoms with Crippen LogP contribution < -0.4 is 5.73 Å². The summed E-state index contributed by atoms with van der Waals surface area (Å²) in [5, 5.41) is 0. The third-order valence-electron chi connectivity index (χ3n) is 3.37. The van der Waals surface area contributed by atoms with Gasteiger partial charge in [0.1, 0.15) is 0 Å². The van der Waals surface area contributed by atoms with E-state index in [9.17, 15) is 4.39 Å². The minimum Gasteiger partial charge on any atom is -0.327 e. The third-order valence-corrected chi connectivity index (χ3v) is 3.37. The predicted molar refractivity (Wildman–Crippen MR) is 75.6 cm³/mol. The maximum Gasteiger partial charge on any atom is 0.153 e. The molecule has 1 aromatic carbocycles. The zero-order valence-corrected chi connectivity index (χ0v) is 11.1. The van der Waals surface area contributed by atoms with E-state index in [1.165, 1.54) is 0 Å². The monoisotopic (exact) mass is 258 g/mol. The quantitative estimate of drug-likeness (QED) is 0.895. The molecule has 1 atom stereocenters. The predicted octanol–water partition coefficient (Wildman–Crippen LogP) is 3.01. The summed E-state index contributed by atoms with van der Waals surface area (Å²) in [5.41, 5.74) is 6.58. The molecular weight excluding hydrogens is 239 g/mol. The Labute approximate surface area is 113 Å². The summed E-state index contributed by atoms with van der Waals surface area (Å²) in [7, 11) is 0. The number of pyridine rings is 1. The normalized spacial score (nSPS) is 14.1. The second kappa shape index (κ2) is 5.93. The van der Waals surface area contributed by atoms with Crippen molar-refractivity contribution in [2.45, 2.75) is 25.4 Å². The molecule has 0 saturated heterocycles. The van der Waals surface area contributed by atoms with E-state index in [2.05, 4.69) is 11.9 Å². The minimum absolute atomic E-state index is 0.0474. The standard InChI is InChI=1S/C16H19FN2/c1-2-13-8-9-15(19-11-13)10-16(17,12-18)14-6-4-3-5-7-14/h3-9,11H,2,10,12,18H2,1H3. The lowest BCUT2D eigenvalue weighted by molar-refractivity contribution is 0.173. The molecule has 100 valence electrons. The Kier molecular flexibility index (Phi) is 4.27. The topological polar surface area (TPSA) is 38.9 Å². The van der Waals surface area contributed by atoms with Crippen molar-refractivity contribution in [1.82, 2.24) is 4.98 Å². The first-order valence-electron chi connectivity index (χ1n) is 6.56. The van der Waals surface area contributed by atoms with Gasteiger partial charge in [0.15, 0.2) is 5.67 Å². The van der Waals surface area contributed by atoms with Crippen molar-refractivity contribution in [1.29, 1.82) is 0 Å². The number of hydrogen-bond acceptors (Lipinski definition) is 2. The van der Waals surface area contributed by atoms with E-state index < -0.39 is 5.67 Å². The Hall–Kier alpha value is -1.74. The highest BCUT2D eigenvalue weighted by atomic mass is 19.1. The van der Waals surface area contributed by atoms with Crippen molar-refractivity contribution in [2.24, 2.45) is 5.73 Å². The Morgan fingerprint density at radius 1 is 1.16 bits per heavy atom. The fourth-order valence-corrected chi connectivity index (χ4v) is 2.08. The lowest BCUT2D eigenvalue weighted by atomic mass is 9.90. The second-order valence-corrected chi connectivity index (χ2v) is 4.72. The number of nitrogens with two attached hydrogens (primary N) is 1. The van der Waals surface area contributed by atoms with Gasteiger partial charge in [0.25, 0.3) is 0 Å². The Bertz CT molecular complexity index is 510. The second-order valence-electron chi connectivity index (χ2n) is 4.72. The van der Waals surface area contributed by atoms with E-state index in [4.69, 9.17) is 5.73 Å². The van der Waals surface area contributed by atoms with E-state index in [1.54, 1.807) is 18.3 Å². The van der Waals surface area contributed by atoms with Gasteiger partial charge >= 0.3 is 0 Å². The molecule has 2 rings (SSSR count). The van der Waals surface area contributed by atoms with Crippen LogP contribution in [0.1, 0.15) is 23.7 Å². The zero-order valence-electron chi connectivity index (χ0n) is 11.1. The molecule has 0 aliphatic carbocycles. The number of nitrogens with zero attached hydrogens (tertiary/aromatic N) is 1. The van der Waals surface area contributed by atoms with Crippen molar-refractivity contribution in [3.8, 4) is 0 Å². The average Bonchev–Trinajstić information content (AvgIpc) is 2.49. The first-order chi connectivity index (χ1) is 9.18. The molecular formula is C16H19FN2. The van der Waals surface area contributed by atoms with Gasteiger partial charge in [0.2, 0.25) is 0 Å². The number of halogens is 1. The molecule has 0 bridgehead atoms. The highest BCUT2D eigenvalue weighted by molar-refractivity contribution is 5.26. The number of aryl methyl sites for hydroxylation is 1. The lowest BCUT2D eigenvalue weighted by Gasteiger charge is -2.23. The van der Waals surface area contributed by atoms with Crippen molar-refractivity contribution in [3.63, 3.8) is 0 Å². The first-order valence-corrected chi connectivity index (χ1v) is 6.56. The van der Waals surface area contributed by atoms with Crippen LogP contribution in [-0.2, 0) is 18.5 Å². The highest BCUT2D eigenvalue weighted by Gasteiger charge is 2.31. The van der Waals surface area contributed by atoms with Gasteiger partial charge in [-0.05, 0) is 23.6 Å². The van der Waals surface area contributed by atoms with E-state index in [-0.39, 0.29) is 13.0 Å². The molecule has 3 heteroatoms. The number of aromatic nitrogens is 1. The Morgan fingerprint density at radius 2 is 1.89 bits per heavy atom. The fourth-order valence-electron chi connectivity index (χ4n) is 2.08. The molecule has 1 aromatic heterocycles. The summed E-state index contributed by atoms with van der Waals surface area (Å²) in [4.78, 5) is 4.31. The van der Waals surface area contributed by atoms with Crippen LogP contribution in [0.5, 0.6) is 0 Å². The van der Waals surface area contributed by atoms with Crippen molar-refractivity contribution < 1.29 is 4.39 Å². The molecule has 0 aliphatic heterocycles. The van der Waals surface area contributed by atoms with Crippen molar-refractivity contribution >= 4 is 0 Å². The molecule has 0 amide bonds. The van der Waals surface area contributed by atoms with Crippen LogP contribution in [0.4, 0.5) is 4.39 Å². The zero-order chi connectivity index (χ0) is 13.7. The van der Waals surface area contributed by atoms with E-state index in [0.29, 0.717) is 5.56 Å². The summed E-state index contributed by atoms with van der Waals surface area (Å²) >= 11 is 0. The van der Waals surface area contributed by atoms with Crippen molar-refractivity contribution in [3.05, 3.63) is 65.5 Å². The summed E-state index contributed by atoms with van der Waals surface area (Å²) in [6, 6.07) is 12.9. The maximum absolute atomic E-state index is 15.0. The van der Waals surface area contributed by atoms with Crippen LogP contribution in [0.15, 0.2) is 48.7 Å². The van der Waals surface area contributed by atoms with Gasteiger partial charge in [-0.3, -0.25) is 4.98 Å². The number of alkyl halides is 1. The van der Waals surface area contributed by atoms with Gasteiger partial charge in [-0.2, -0.15) is 0 Å². The number of rotatable bonds is 5. The van der Waals surface area contributed by atoms with Crippen LogP contribution >= 0.6 is 0 Å². The molecule has 0 spiro atoms. The molecule has 0 radical (unpaired) electrons. The Morgan fingerprint density at radius 3 is 2.42 bits per heavy atom. The number of hydrogen-bond donors (Lipinski definition) is 1. The molecule has 19 heavy (non-hydrogen) atoms. The molecule has 0 fully saturated rings. The molecule has 0 aliphatic rings. The van der Waals surface area contributed by atoms with Gasteiger partial charge in [0, 0.05) is 24.9 Å². The maximum atomic E-state index is 15.0. The molecule has 2 aromatic rings. The van der Waals surface area contributed by atoms with Crippen molar-refractivity contribution in [2.75, 3.05) is 6.54 Å². The minimum atomic E-state index is -1.55. The largest absolute Gasteiger partial charge is 0.327 e. The first kappa shape index (κ1) is 13.7. The third kappa shape index (κ3) is 3.18. The molecule has 1 heterocycles. The van der Waals surface area contributed by atoms with Crippen LogP contribution in [0.2, 0.25) is 0 Å². The van der Waals surface area contributed by atoms with Crippen LogP contribution in [-0.4, -0.2) is 11.5 Å². The molecule has 0 saturated carbocycles. The summed E-state index contributed by atoms with van der Waals surface area (Å²) in [6.45, 7) is 2.02. The molecule has 1 unspecified atom stereocenters. The molecule has 2 N–H and O–H groups in total. The highest BCUT2D eigenvalue weighted by Crippen LogP contribution is 2.28. The van der Waals surface area contributed by atoms with Gasteiger partial charge in [-0.25, -0.2) is 4.39 Å². The lowest BCUT2D eigenvalue weighted by Crippen LogP contribution is -2.33. The van der Waals surface area contributed by atoms with E-state index in [0.717, 1.165) is 17.7 Å². The fraction of sp³-hybridized carbons (Fsp3) is 0.312. The Balaban J connectivity index is 2.22. The van der Waals surface area contributed by atoms with Gasteiger partial charge < -0.3 is 5.73 Å². The van der Waals surface area contributed by atoms with Crippen LogP contribution in [0.25, 0.3) is 0 Å². The average molecular weight is 258 g/mol. The summed E-state index contributed by atoms with van der Waals surface area (Å²) < 4.78 is 15.0. The molecule has 2 nitrogen and oxygen atoms in total. The van der Waals surface area contributed by atoms with Gasteiger partial charge in [-0.1, -0.05) is 43.3 Å². The SMILES string of the molecule is CCc1ccc(CC(F)(CN)c2ccccc2)nc1. The van der Waals surface area contributed by atoms with Gasteiger partial charge in [0.05, 0.1) is 0 Å². The summed E-state index contributed by atoms with van der Waals surface area (Å²) in [5.74, 6) is 0. The van der Waals surface area contributed by atoms with E-state index in [1.807, 2.05) is 30.3 Å². The van der Waals surface area contributed by atoms with Gasteiger partial charge in [-0.15, -0.1) is 0 Å².